The van der Waals surface area contributed by atoms with E-state index >= 15 is 0 Å². The smallest absolute Gasteiger partial charge is 0.316 e. The van der Waals surface area contributed by atoms with E-state index in [2.05, 4.69) is 60.2 Å². The molecule has 30 heavy (non-hydrogen) atoms. The number of urea groups is 1. The third kappa shape index (κ3) is 5.87. The van der Waals surface area contributed by atoms with Gasteiger partial charge in [-0.2, -0.15) is 0 Å². The Balaban J connectivity index is 1.49. The minimum Gasteiger partial charge on any atom is -0.491 e. The lowest BCUT2D eigenvalue weighted by Gasteiger charge is -2.46. The van der Waals surface area contributed by atoms with Crippen molar-refractivity contribution in [2.24, 2.45) is 5.73 Å². The molecule has 2 aromatic rings. The minimum absolute atomic E-state index is 0.209. The number of primary amides is 1. The molecule has 0 saturated carbocycles. The van der Waals surface area contributed by atoms with Crippen molar-refractivity contribution in [3.63, 3.8) is 0 Å². The summed E-state index contributed by atoms with van der Waals surface area (Å²) in [4.78, 5) is 15.6. The van der Waals surface area contributed by atoms with Gasteiger partial charge in [0.25, 0.3) is 0 Å². The number of β-amino-alcohol motifs (C(OH)–C–C–N with tert-alkyl or cyclic N) is 1. The summed E-state index contributed by atoms with van der Waals surface area (Å²) < 4.78 is 5.71. The van der Waals surface area contributed by atoms with Gasteiger partial charge in [-0.3, -0.25) is 4.90 Å². The minimum atomic E-state index is -0.607. The molecule has 0 aliphatic carbocycles. The number of carbonyl (C=O) groups is 1. The first-order chi connectivity index (χ1) is 14.3. The summed E-state index contributed by atoms with van der Waals surface area (Å²) in [5, 5.41) is 13.0. The number of nitrogens with two attached hydrogens (primary N) is 1. The summed E-state index contributed by atoms with van der Waals surface area (Å²) in [7, 11) is 0. The average Bonchev–Trinajstić information content (AvgIpc) is 2.70. The van der Waals surface area contributed by atoms with E-state index < -0.39 is 12.1 Å². The number of aliphatic hydroxyl groups excluding tert-OH is 1. The molecule has 1 saturated heterocycles. The summed E-state index contributed by atoms with van der Waals surface area (Å²) in [6.45, 7) is 9.13. The molecule has 0 spiro atoms. The maximum atomic E-state index is 10.9. The van der Waals surface area contributed by atoms with E-state index in [1.54, 1.807) is 24.3 Å². The number of anilines is 2. The maximum absolute atomic E-state index is 10.9. The van der Waals surface area contributed by atoms with E-state index in [0.29, 0.717) is 30.1 Å². The number of benzene rings is 2. The van der Waals surface area contributed by atoms with Gasteiger partial charge >= 0.3 is 6.03 Å². The van der Waals surface area contributed by atoms with E-state index in [1.807, 2.05) is 0 Å². The summed E-state index contributed by atoms with van der Waals surface area (Å²) in [5.74, 6) is 0.634. The van der Waals surface area contributed by atoms with Gasteiger partial charge in [-0.25, -0.2) is 4.79 Å². The number of rotatable bonds is 7. The number of amides is 2. The van der Waals surface area contributed by atoms with Gasteiger partial charge in [0.05, 0.1) is 0 Å². The van der Waals surface area contributed by atoms with Crippen molar-refractivity contribution in [2.75, 3.05) is 36.5 Å². The number of nitrogens with zero attached hydrogens (tertiary/aromatic N) is 2. The Hall–Kier alpha value is -2.77. The molecule has 7 nitrogen and oxygen atoms in total. The van der Waals surface area contributed by atoms with Gasteiger partial charge in [-0.1, -0.05) is 17.7 Å². The zero-order valence-electron chi connectivity index (χ0n) is 17.9. The number of piperazine rings is 1. The molecule has 0 bridgehead atoms. The van der Waals surface area contributed by atoms with Crippen LogP contribution in [0.15, 0.2) is 48.5 Å². The van der Waals surface area contributed by atoms with Crippen LogP contribution in [0.5, 0.6) is 5.75 Å². The predicted molar refractivity (Wildman–Crippen MR) is 120 cm³/mol. The van der Waals surface area contributed by atoms with Gasteiger partial charge < -0.3 is 25.8 Å². The molecular formula is C23H32N4O3. The second-order valence-electron chi connectivity index (χ2n) is 8.11. The van der Waals surface area contributed by atoms with Crippen LogP contribution >= 0.6 is 0 Å². The molecule has 7 heteroatoms. The summed E-state index contributed by atoms with van der Waals surface area (Å²) in [5.41, 5.74) is 8.21. The van der Waals surface area contributed by atoms with Crippen molar-refractivity contribution in [3.8, 4) is 5.75 Å². The topological polar surface area (TPSA) is 91.1 Å². The molecule has 0 aromatic heterocycles. The van der Waals surface area contributed by atoms with E-state index in [-0.39, 0.29) is 6.61 Å². The SMILES string of the molecule is Cc1ccc(N2CC(C)N(C[C@@H](O)COc3ccc(NC(N)=O)cc3)C(C)C2)cc1. The Morgan fingerprint density at radius 1 is 1.13 bits per heavy atom. The molecular weight excluding hydrogens is 380 g/mol. The first-order valence-corrected chi connectivity index (χ1v) is 10.4. The second kappa shape index (κ2) is 9.82. The van der Waals surface area contributed by atoms with Crippen LogP contribution in [0.4, 0.5) is 16.2 Å². The van der Waals surface area contributed by atoms with E-state index in [1.165, 1.54) is 11.3 Å². The molecule has 162 valence electrons. The van der Waals surface area contributed by atoms with Gasteiger partial charge in [0.1, 0.15) is 18.5 Å². The molecule has 4 N–H and O–H groups in total. The summed E-state index contributed by atoms with van der Waals surface area (Å²) in [6, 6.07) is 15.6. The molecule has 2 aromatic carbocycles. The Morgan fingerprint density at radius 3 is 2.30 bits per heavy atom. The van der Waals surface area contributed by atoms with Crippen molar-refractivity contribution >= 4 is 17.4 Å². The highest BCUT2D eigenvalue weighted by molar-refractivity contribution is 5.87. The van der Waals surface area contributed by atoms with Crippen molar-refractivity contribution in [1.29, 1.82) is 0 Å². The number of nitrogens with one attached hydrogen (secondary N) is 1. The Bertz CT molecular complexity index is 813. The van der Waals surface area contributed by atoms with Crippen LogP contribution in [0.2, 0.25) is 0 Å². The molecule has 2 unspecified atom stereocenters. The summed E-state index contributed by atoms with van der Waals surface area (Å²) in [6.07, 6.45) is -0.593. The molecule has 3 atom stereocenters. The molecule has 1 aliphatic heterocycles. The Kier molecular flexibility index (Phi) is 7.18. The number of hydrogen-bond acceptors (Lipinski definition) is 5. The van der Waals surface area contributed by atoms with Crippen LogP contribution in [0.1, 0.15) is 19.4 Å². The molecule has 0 radical (unpaired) electrons. The van der Waals surface area contributed by atoms with E-state index in [0.717, 1.165) is 13.1 Å². The fourth-order valence-corrected chi connectivity index (χ4v) is 3.95. The van der Waals surface area contributed by atoms with Gasteiger partial charge in [0, 0.05) is 43.1 Å². The molecule has 1 aliphatic rings. The van der Waals surface area contributed by atoms with Crippen LogP contribution in [0, 0.1) is 6.92 Å². The Labute approximate surface area is 178 Å². The van der Waals surface area contributed by atoms with E-state index in [9.17, 15) is 9.90 Å². The van der Waals surface area contributed by atoms with Crippen LogP contribution < -0.4 is 20.7 Å². The molecule has 3 rings (SSSR count). The normalized spacial score (nSPS) is 20.6. The third-order valence-electron chi connectivity index (χ3n) is 5.49. The van der Waals surface area contributed by atoms with Gasteiger partial charge in [-0.15, -0.1) is 0 Å². The van der Waals surface area contributed by atoms with Crippen molar-refractivity contribution in [2.45, 2.75) is 39.0 Å². The second-order valence-corrected chi connectivity index (χ2v) is 8.11. The largest absolute Gasteiger partial charge is 0.491 e. The molecule has 1 fully saturated rings. The Morgan fingerprint density at radius 2 is 1.73 bits per heavy atom. The standard InChI is InChI=1S/C23H32N4O3/c1-16-4-8-20(9-5-16)26-12-17(2)27(18(3)13-26)14-21(28)15-30-22-10-6-19(7-11-22)25-23(24)29/h4-11,17-18,21,28H,12-15H2,1-3H3,(H3,24,25,29)/t17?,18?,21-/m1/s1. The number of aryl methyl sites for hydroxylation is 1. The lowest BCUT2D eigenvalue weighted by atomic mass is 10.1. The zero-order chi connectivity index (χ0) is 21.7. The van der Waals surface area contributed by atoms with Gasteiger partial charge in [0.15, 0.2) is 0 Å². The summed E-state index contributed by atoms with van der Waals surface area (Å²) >= 11 is 0. The van der Waals surface area contributed by atoms with Gasteiger partial charge in [-0.05, 0) is 57.2 Å². The van der Waals surface area contributed by atoms with Crippen LogP contribution in [0.3, 0.4) is 0 Å². The lowest BCUT2D eigenvalue weighted by molar-refractivity contribution is 0.0318. The quantitative estimate of drug-likeness (QED) is 0.651. The van der Waals surface area contributed by atoms with Crippen molar-refractivity contribution in [3.05, 3.63) is 54.1 Å². The highest BCUT2D eigenvalue weighted by atomic mass is 16.5. The third-order valence-corrected chi connectivity index (χ3v) is 5.49. The van der Waals surface area contributed by atoms with Crippen LogP contribution in [-0.2, 0) is 0 Å². The first kappa shape index (κ1) is 21.9. The highest BCUT2D eigenvalue weighted by Gasteiger charge is 2.30. The van der Waals surface area contributed by atoms with Gasteiger partial charge in [0.2, 0.25) is 0 Å². The number of aliphatic hydroxyl groups is 1. The van der Waals surface area contributed by atoms with Crippen LogP contribution in [-0.4, -0.2) is 60.5 Å². The number of ether oxygens (including phenoxy) is 1. The average molecular weight is 413 g/mol. The van der Waals surface area contributed by atoms with Crippen molar-refractivity contribution < 1.29 is 14.6 Å². The van der Waals surface area contributed by atoms with Crippen molar-refractivity contribution in [1.82, 2.24) is 4.90 Å². The molecule has 1 heterocycles. The first-order valence-electron chi connectivity index (χ1n) is 10.4. The lowest BCUT2D eigenvalue weighted by Crippen LogP contribution is -2.58. The fraction of sp³-hybridized carbons (Fsp3) is 0.435. The molecule has 2 amide bonds. The van der Waals surface area contributed by atoms with Crippen LogP contribution in [0.25, 0.3) is 0 Å². The fourth-order valence-electron chi connectivity index (χ4n) is 3.95. The highest BCUT2D eigenvalue weighted by Crippen LogP contribution is 2.23. The monoisotopic (exact) mass is 412 g/mol. The van der Waals surface area contributed by atoms with E-state index in [4.69, 9.17) is 10.5 Å². The predicted octanol–water partition coefficient (Wildman–Crippen LogP) is 2.82. The zero-order valence-corrected chi connectivity index (χ0v) is 17.9. The maximum Gasteiger partial charge on any atom is 0.316 e. The number of carbonyl (C=O) groups excluding carboxylic acids is 1. The number of hydrogen-bond donors (Lipinski definition) is 3.